The van der Waals surface area contributed by atoms with Crippen LogP contribution in [0.4, 0.5) is 0 Å². The summed E-state index contributed by atoms with van der Waals surface area (Å²) in [6.07, 6.45) is 1.06. The van der Waals surface area contributed by atoms with Gasteiger partial charge in [0.25, 0.3) is 0 Å². The molecule has 1 atom stereocenters. The van der Waals surface area contributed by atoms with Gasteiger partial charge in [-0.1, -0.05) is 18.2 Å². The van der Waals surface area contributed by atoms with E-state index in [0.29, 0.717) is 6.04 Å². The van der Waals surface area contributed by atoms with Crippen molar-refractivity contribution in [3.8, 4) is 5.75 Å². The van der Waals surface area contributed by atoms with Gasteiger partial charge >= 0.3 is 0 Å². The summed E-state index contributed by atoms with van der Waals surface area (Å²) in [6, 6.07) is 11.4. The van der Waals surface area contributed by atoms with E-state index in [1.54, 1.807) is 7.11 Å². The highest BCUT2D eigenvalue weighted by molar-refractivity contribution is 5.47. The number of benzene rings is 2. The number of hydrogen-bond acceptors (Lipinski definition) is 2. The fraction of sp³-hybridized carbons (Fsp3) is 0.368. The van der Waals surface area contributed by atoms with Gasteiger partial charge in [-0.05, 0) is 72.7 Å². The van der Waals surface area contributed by atoms with Gasteiger partial charge in [0, 0.05) is 6.54 Å². The Bertz CT molecular complexity index is 676. The molecule has 2 aromatic carbocycles. The van der Waals surface area contributed by atoms with E-state index in [2.05, 4.69) is 56.4 Å². The SMILES string of the molecule is COc1ccc2c(c1)CCNC2c1cc(C)c(C)cc1C. The molecule has 0 fully saturated rings. The number of ether oxygens (including phenoxy) is 1. The van der Waals surface area contributed by atoms with E-state index < -0.39 is 0 Å². The number of fused-ring (bicyclic) bond motifs is 1. The molecule has 1 aliphatic heterocycles. The largest absolute Gasteiger partial charge is 0.497 e. The van der Waals surface area contributed by atoms with Crippen molar-refractivity contribution in [3.63, 3.8) is 0 Å². The maximum atomic E-state index is 5.36. The van der Waals surface area contributed by atoms with Crippen molar-refractivity contribution in [2.45, 2.75) is 33.2 Å². The number of rotatable bonds is 2. The predicted octanol–water partition coefficient (Wildman–Crippen LogP) is 3.86. The third kappa shape index (κ3) is 2.56. The summed E-state index contributed by atoms with van der Waals surface area (Å²) in [7, 11) is 1.73. The Morgan fingerprint density at radius 3 is 2.48 bits per heavy atom. The number of nitrogens with one attached hydrogen (secondary N) is 1. The molecule has 110 valence electrons. The van der Waals surface area contributed by atoms with E-state index in [9.17, 15) is 0 Å². The van der Waals surface area contributed by atoms with Crippen LogP contribution in [0.15, 0.2) is 30.3 Å². The minimum atomic E-state index is 0.291. The average molecular weight is 281 g/mol. The number of hydrogen-bond donors (Lipinski definition) is 1. The van der Waals surface area contributed by atoms with Gasteiger partial charge in [-0.25, -0.2) is 0 Å². The number of methoxy groups -OCH3 is 1. The second-order valence-corrected chi connectivity index (χ2v) is 5.99. The third-order valence-corrected chi connectivity index (χ3v) is 4.60. The van der Waals surface area contributed by atoms with Crippen LogP contribution in [0.1, 0.15) is 39.4 Å². The van der Waals surface area contributed by atoms with Crippen LogP contribution >= 0.6 is 0 Å². The van der Waals surface area contributed by atoms with Crippen LogP contribution in [0, 0.1) is 20.8 Å². The molecule has 3 rings (SSSR count). The molecule has 0 amide bonds. The maximum absolute atomic E-state index is 5.36. The van der Waals surface area contributed by atoms with Crippen molar-refractivity contribution < 1.29 is 4.74 Å². The first-order valence-corrected chi connectivity index (χ1v) is 7.58. The van der Waals surface area contributed by atoms with Crippen LogP contribution < -0.4 is 10.1 Å². The molecule has 0 saturated carbocycles. The van der Waals surface area contributed by atoms with Gasteiger partial charge in [-0.3, -0.25) is 0 Å². The van der Waals surface area contributed by atoms with E-state index in [4.69, 9.17) is 4.74 Å². The monoisotopic (exact) mass is 281 g/mol. The highest BCUT2D eigenvalue weighted by atomic mass is 16.5. The highest BCUT2D eigenvalue weighted by Crippen LogP contribution is 2.33. The minimum Gasteiger partial charge on any atom is -0.497 e. The van der Waals surface area contributed by atoms with Gasteiger partial charge < -0.3 is 10.1 Å². The lowest BCUT2D eigenvalue weighted by molar-refractivity contribution is 0.413. The first kappa shape index (κ1) is 14.2. The molecule has 2 heteroatoms. The Morgan fingerprint density at radius 1 is 0.952 bits per heavy atom. The quantitative estimate of drug-likeness (QED) is 0.902. The second-order valence-electron chi connectivity index (χ2n) is 5.99. The molecule has 0 aromatic heterocycles. The van der Waals surface area contributed by atoms with Crippen molar-refractivity contribution >= 4 is 0 Å². The molecule has 1 aliphatic rings. The first-order valence-electron chi connectivity index (χ1n) is 7.58. The van der Waals surface area contributed by atoms with Crippen molar-refractivity contribution in [1.82, 2.24) is 5.32 Å². The van der Waals surface area contributed by atoms with E-state index >= 15 is 0 Å². The zero-order valence-corrected chi connectivity index (χ0v) is 13.3. The molecule has 0 aliphatic carbocycles. The van der Waals surface area contributed by atoms with Crippen molar-refractivity contribution in [3.05, 3.63) is 63.7 Å². The zero-order valence-electron chi connectivity index (χ0n) is 13.3. The highest BCUT2D eigenvalue weighted by Gasteiger charge is 2.23. The van der Waals surface area contributed by atoms with E-state index in [-0.39, 0.29) is 0 Å². The van der Waals surface area contributed by atoms with Gasteiger partial charge in [0.15, 0.2) is 0 Å². The lowest BCUT2D eigenvalue weighted by atomic mass is 9.86. The Labute approximate surface area is 127 Å². The van der Waals surface area contributed by atoms with Crippen LogP contribution in [0.2, 0.25) is 0 Å². The van der Waals surface area contributed by atoms with Crippen LogP contribution in [-0.2, 0) is 6.42 Å². The van der Waals surface area contributed by atoms with Gasteiger partial charge in [-0.2, -0.15) is 0 Å². The molecule has 0 bridgehead atoms. The van der Waals surface area contributed by atoms with Crippen molar-refractivity contribution in [2.75, 3.05) is 13.7 Å². The fourth-order valence-corrected chi connectivity index (χ4v) is 3.24. The summed E-state index contributed by atoms with van der Waals surface area (Å²) in [5.41, 5.74) is 8.26. The number of aryl methyl sites for hydroxylation is 3. The summed E-state index contributed by atoms with van der Waals surface area (Å²) >= 11 is 0. The minimum absolute atomic E-state index is 0.291. The molecular weight excluding hydrogens is 258 g/mol. The smallest absolute Gasteiger partial charge is 0.119 e. The Hall–Kier alpha value is -1.80. The Kier molecular flexibility index (Phi) is 3.73. The van der Waals surface area contributed by atoms with E-state index in [1.165, 1.54) is 33.4 Å². The zero-order chi connectivity index (χ0) is 15.0. The lowest BCUT2D eigenvalue weighted by Gasteiger charge is -2.29. The Morgan fingerprint density at radius 2 is 1.71 bits per heavy atom. The summed E-state index contributed by atoms with van der Waals surface area (Å²) in [5, 5.41) is 3.68. The molecule has 0 spiro atoms. The molecule has 21 heavy (non-hydrogen) atoms. The molecule has 1 heterocycles. The normalized spacial score (nSPS) is 17.4. The third-order valence-electron chi connectivity index (χ3n) is 4.60. The summed E-state index contributed by atoms with van der Waals surface area (Å²) in [4.78, 5) is 0. The molecular formula is C19H23NO. The van der Waals surface area contributed by atoms with Gasteiger partial charge in [-0.15, -0.1) is 0 Å². The standard InChI is InChI=1S/C19H23NO/c1-12-9-14(3)18(10-13(12)2)19-17-6-5-16(21-4)11-15(17)7-8-20-19/h5-6,9-11,19-20H,7-8H2,1-4H3. The van der Waals surface area contributed by atoms with Crippen LogP contribution in [0.3, 0.4) is 0 Å². The van der Waals surface area contributed by atoms with E-state index in [1.807, 2.05) is 0 Å². The average Bonchev–Trinajstić information content (AvgIpc) is 2.50. The van der Waals surface area contributed by atoms with Gasteiger partial charge in [0.05, 0.1) is 13.2 Å². The summed E-state index contributed by atoms with van der Waals surface area (Å²) in [5.74, 6) is 0.950. The lowest BCUT2D eigenvalue weighted by Crippen LogP contribution is -2.31. The van der Waals surface area contributed by atoms with Crippen molar-refractivity contribution in [1.29, 1.82) is 0 Å². The molecule has 0 saturated heterocycles. The fourth-order valence-electron chi connectivity index (χ4n) is 3.24. The summed E-state index contributed by atoms with van der Waals surface area (Å²) < 4.78 is 5.36. The van der Waals surface area contributed by atoms with Gasteiger partial charge in [0.2, 0.25) is 0 Å². The first-order chi connectivity index (χ1) is 10.1. The molecule has 2 nitrogen and oxygen atoms in total. The van der Waals surface area contributed by atoms with Crippen molar-refractivity contribution in [2.24, 2.45) is 0 Å². The molecule has 2 aromatic rings. The molecule has 1 N–H and O–H groups in total. The molecule has 0 radical (unpaired) electrons. The summed E-state index contributed by atoms with van der Waals surface area (Å²) in [6.45, 7) is 7.59. The second kappa shape index (κ2) is 5.53. The topological polar surface area (TPSA) is 21.3 Å². The molecule has 1 unspecified atom stereocenters. The van der Waals surface area contributed by atoms with Gasteiger partial charge in [0.1, 0.15) is 5.75 Å². The van der Waals surface area contributed by atoms with Crippen LogP contribution in [-0.4, -0.2) is 13.7 Å². The van der Waals surface area contributed by atoms with Crippen LogP contribution in [0.25, 0.3) is 0 Å². The predicted molar refractivity (Wildman–Crippen MR) is 87.2 cm³/mol. The van der Waals surface area contributed by atoms with E-state index in [0.717, 1.165) is 18.7 Å². The van der Waals surface area contributed by atoms with Crippen LogP contribution in [0.5, 0.6) is 5.75 Å². The maximum Gasteiger partial charge on any atom is 0.119 e. The Balaban J connectivity index is 2.08.